The van der Waals surface area contributed by atoms with Crippen molar-refractivity contribution >= 4 is 80.0 Å². The number of hydrogen-bond acceptors (Lipinski definition) is 11. The van der Waals surface area contributed by atoms with Crippen molar-refractivity contribution in [2.45, 2.75) is 35.5 Å². The fourth-order valence-electron chi connectivity index (χ4n) is 3.42. The van der Waals surface area contributed by atoms with Crippen molar-refractivity contribution in [3.05, 3.63) is 69.7 Å². The molecule has 0 bridgehead atoms. The Morgan fingerprint density at radius 3 is 1.46 bits per heavy atom. The molecule has 0 fully saturated rings. The summed E-state index contributed by atoms with van der Waals surface area (Å²) < 4.78 is 0. The molecule has 2 heterocycles. The molecule has 0 unspecified atom stereocenters. The molecule has 0 aliphatic heterocycles. The Balaban J connectivity index is 1.11. The Kier molecular flexibility index (Phi) is 11.6. The lowest BCUT2D eigenvalue weighted by molar-refractivity contribution is -0.116. The van der Waals surface area contributed by atoms with Crippen LogP contribution in [-0.4, -0.2) is 56.2 Å². The molecule has 0 atom stereocenters. The van der Waals surface area contributed by atoms with Crippen LogP contribution in [0, 0.1) is 0 Å². The van der Waals surface area contributed by atoms with Crippen LogP contribution in [0.2, 0.25) is 0 Å². The summed E-state index contributed by atoms with van der Waals surface area (Å²) in [5.74, 6) is 1.59. The number of carbonyl (C=O) groups is 2. The van der Waals surface area contributed by atoms with Gasteiger partial charge in [-0.1, -0.05) is 46.9 Å². The highest BCUT2D eigenvalue weighted by molar-refractivity contribution is 7.99. The van der Waals surface area contributed by atoms with E-state index in [4.69, 9.17) is 0 Å². The number of amides is 2. The maximum absolute atomic E-state index is 12.3. The first kappa shape index (κ1) is 29.5. The highest BCUT2D eigenvalue weighted by Crippen LogP contribution is 2.21. The van der Waals surface area contributed by atoms with Gasteiger partial charge in [-0.3, -0.25) is 9.59 Å². The third-order valence-electron chi connectivity index (χ3n) is 5.39. The van der Waals surface area contributed by atoms with Gasteiger partial charge in [-0.15, -0.1) is 43.9 Å². The summed E-state index contributed by atoms with van der Waals surface area (Å²) in [5.41, 5.74) is 1.93. The molecule has 39 heavy (non-hydrogen) atoms. The van der Waals surface area contributed by atoms with Crippen LogP contribution >= 0.6 is 58.0 Å². The maximum atomic E-state index is 12.3. The van der Waals surface area contributed by atoms with Gasteiger partial charge in [0.2, 0.25) is 22.1 Å². The third kappa shape index (κ3) is 9.91. The molecular formula is C26H28N6O2S5. The lowest BCUT2D eigenvalue weighted by atomic mass is 10.1. The quantitative estimate of drug-likeness (QED) is 0.136. The zero-order valence-corrected chi connectivity index (χ0v) is 25.6. The average molecular weight is 617 g/mol. The molecule has 13 heteroatoms. The van der Waals surface area contributed by atoms with Gasteiger partial charge in [-0.2, -0.15) is 11.8 Å². The second-order valence-corrected chi connectivity index (χ2v) is 13.4. The van der Waals surface area contributed by atoms with Gasteiger partial charge >= 0.3 is 0 Å². The number of anilines is 2. The van der Waals surface area contributed by atoms with Crippen LogP contribution in [0.25, 0.3) is 0 Å². The number of nitrogens with one attached hydrogen (secondary N) is 2. The number of aryl methyl sites for hydroxylation is 2. The number of thioether (sulfide) groups is 3. The zero-order chi connectivity index (χ0) is 27.5. The van der Waals surface area contributed by atoms with E-state index in [0.717, 1.165) is 45.5 Å². The van der Waals surface area contributed by atoms with E-state index in [0.29, 0.717) is 23.1 Å². The van der Waals surface area contributed by atoms with E-state index in [1.54, 1.807) is 35.3 Å². The van der Waals surface area contributed by atoms with Gasteiger partial charge in [0.15, 0.2) is 0 Å². The van der Waals surface area contributed by atoms with Crippen molar-refractivity contribution < 1.29 is 9.59 Å². The van der Waals surface area contributed by atoms with Crippen molar-refractivity contribution in [3.63, 3.8) is 0 Å². The molecular weight excluding hydrogens is 589 g/mol. The van der Waals surface area contributed by atoms with Gasteiger partial charge in [-0.05, 0) is 59.4 Å². The van der Waals surface area contributed by atoms with Gasteiger partial charge in [-0.25, -0.2) is 0 Å². The predicted molar refractivity (Wildman–Crippen MR) is 166 cm³/mol. The zero-order valence-electron chi connectivity index (χ0n) is 21.5. The molecule has 4 rings (SSSR count). The van der Waals surface area contributed by atoms with Crippen molar-refractivity contribution in [3.8, 4) is 0 Å². The second-order valence-electron chi connectivity index (χ2n) is 8.26. The van der Waals surface area contributed by atoms with E-state index in [1.165, 1.54) is 32.5 Å². The first-order chi connectivity index (χ1) is 19.0. The summed E-state index contributed by atoms with van der Waals surface area (Å²) in [6.07, 6.45) is 6.23. The fraction of sp³-hybridized carbons (Fsp3) is 0.308. The van der Waals surface area contributed by atoms with E-state index >= 15 is 0 Å². The minimum absolute atomic E-state index is 0.0959. The summed E-state index contributed by atoms with van der Waals surface area (Å²) >= 11 is 7.97. The lowest BCUT2D eigenvalue weighted by Gasteiger charge is -2.02. The SMILES string of the molecule is CSc1ccc(CC(=O)Nc2nnc(CCSCCc3nnc(NC(=O)Cc4ccc(SC)cc4)s3)s2)cc1. The lowest BCUT2D eigenvalue weighted by Crippen LogP contribution is -2.14. The monoisotopic (exact) mass is 616 g/mol. The van der Waals surface area contributed by atoms with Crippen LogP contribution in [0.4, 0.5) is 10.3 Å². The first-order valence-corrected chi connectivity index (χ1v) is 17.3. The van der Waals surface area contributed by atoms with E-state index in [1.807, 2.05) is 61.0 Å². The molecule has 2 amide bonds. The van der Waals surface area contributed by atoms with E-state index in [9.17, 15) is 9.59 Å². The van der Waals surface area contributed by atoms with E-state index < -0.39 is 0 Å². The third-order valence-corrected chi connectivity index (χ3v) is 9.66. The van der Waals surface area contributed by atoms with E-state index in [2.05, 4.69) is 31.0 Å². The molecule has 0 spiro atoms. The minimum Gasteiger partial charge on any atom is -0.300 e. The molecule has 2 aromatic heterocycles. The molecule has 4 aromatic rings. The van der Waals surface area contributed by atoms with Crippen molar-refractivity contribution in [1.29, 1.82) is 0 Å². The fourth-order valence-corrected chi connectivity index (χ4v) is 6.88. The molecule has 0 saturated heterocycles. The topological polar surface area (TPSA) is 110 Å². The largest absolute Gasteiger partial charge is 0.300 e. The number of hydrogen-bond donors (Lipinski definition) is 2. The number of carbonyl (C=O) groups excluding carboxylic acids is 2. The Morgan fingerprint density at radius 1 is 0.667 bits per heavy atom. The summed E-state index contributed by atoms with van der Waals surface area (Å²) in [6, 6.07) is 16.0. The van der Waals surface area contributed by atoms with Crippen LogP contribution < -0.4 is 10.6 Å². The number of nitrogens with zero attached hydrogens (tertiary/aromatic N) is 4. The standard InChI is InChI=1S/C26H28N6O2S5/c1-35-19-7-3-17(4-8-19)15-21(33)27-25-31-29-23(38-25)11-13-37-14-12-24-30-32-26(39-24)28-22(34)16-18-5-9-20(36-2)10-6-18/h3-10H,11-16H2,1-2H3,(H,27,31,33)(H,28,32,34). The smallest absolute Gasteiger partial charge is 0.230 e. The van der Waals surface area contributed by atoms with Gasteiger partial charge in [0.25, 0.3) is 0 Å². The Bertz CT molecular complexity index is 1250. The average Bonchev–Trinajstić information content (AvgIpc) is 3.58. The summed E-state index contributed by atoms with van der Waals surface area (Å²) in [6.45, 7) is 0. The maximum Gasteiger partial charge on any atom is 0.230 e. The van der Waals surface area contributed by atoms with Crippen molar-refractivity contribution in [1.82, 2.24) is 20.4 Å². The van der Waals surface area contributed by atoms with Crippen molar-refractivity contribution in [2.24, 2.45) is 0 Å². The highest BCUT2D eigenvalue weighted by Gasteiger charge is 2.11. The van der Waals surface area contributed by atoms with Gasteiger partial charge in [0.1, 0.15) is 10.0 Å². The number of aromatic nitrogens is 4. The Hall–Kier alpha value is -2.45. The second kappa shape index (κ2) is 15.4. The van der Waals surface area contributed by atoms with Crippen LogP contribution in [0.1, 0.15) is 21.1 Å². The first-order valence-electron chi connectivity index (χ1n) is 12.1. The van der Waals surface area contributed by atoms with Crippen LogP contribution in [0.3, 0.4) is 0 Å². The summed E-state index contributed by atoms with van der Waals surface area (Å²) in [7, 11) is 0. The molecule has 2 aromatic carbocycles. The molecule has 0 saturated carbocycles. The minimum atomic E-state index is -0.0959. The summed E-state index contributed by atoms with van der Waals surface area (Å²) in [4.78, 5) is 27.0. The molecule has 204 valence electrons. The number of rotatable bonds is 14. The van der Waals surface area contributed by atoms with Crippen molar-refractivity contribution in [2.75, 3.05) is 34.7 Å². The summed E-state index contributed by atoms with van der Waals surface area (Å²) in [5, 5.41) is 25.1. The Labute approximate surface area is 248 Å². The Morgan fingerprint density at radius 2 is 1.08 bits per heavy atom. The van der Waals surface area contributed by atoms with Crippen LogP contribution in [0.15, 0.2) is 58.3 Å². The molecule has 0 aliphatic rings. The number of benzene rings is 2. The van der Waals surface area contributed by atoms with Gasteiger partial charge in [0, 0.05) is 22.6 Å². The van der Waals surface area contributed by atoms with Gasteiger partial charge < -0.3 is 10.6 Å². The molecule has 0 radical (unpaired) electrons. The van der Waals surface area contributed by atoms with Crippen LogP contribution in [-0.2, 0) is 35.3 Å². The molecule has 0 aliphatic carbocycles. The normalized spacial score (nSPS) is 10.9. The molecule has 2 N–H and O–H groups in total. The highest BCUT2D eigenvalue weighted by atomic mass is 32.2. The predicted octanol–water partition coefficient (Wildman–Crippen LogP) is 5.71. The van der Waals surface area contributed by atoms with Gasteiger partial charge in [0.05, 0.1) is 12.8 Å². The van der Waals surface area contributed by atoms with Crippen LogP contribution in [0.5, 0.6) is 0 Å². The molecule has 8 nitrogen and oxygen atoms in total. The van der Waals surface area contributed by atoms with E-state index in [-0.39, 0.29) is 11.8 Å².